The van der Waals surface area contributed by atoms with E-state index in [1.54, 1.807) is 0 Å². The Kier molecular flexibility index (Phi) is 8.89. The fraction of sp³-hybridized carbons (Fsp3) is 0. The molecule has 0 amide bonds. The third-order valence-electron chi connectivity index (χ3n) is 13.5. The van der Waals surface area contributed by atoms with E-state index in [2.05, 4.69) is 264 Å². The summed E-state index contributed by atoms with van der Waals surface area (Å²) in [6.45, 7) is 0. The summed E-state index contributed by atoms with van der Waals surface area (Å²) in [5.74, 6) is 0. The van der Waals surface area contributed by atoms with Gasteiger partial charge in [-0.15, -0.1) is 0 Å². The second-order valence-corrected chi connectivity index (χ2v) is 17.3. The molecule has 12 aromatic carbocycles. The minimum absolute atomic E-state index is 1.09. The first-order chi connectivity index (χ1) is 32.7. The second kappa shape index (κ2) is 15.5. The molecule has 0 bridgehead atoms. The Morgan fingerprint density at radius 1 is 0.258 bits per heavy atom. The van der Waals surface area contributed by atoms with Gasteiger partial charge in [0.15, 0.2) is 0 Å². The van der Waals surface area contributed by atoms with Gasteiger partial charge in [0.25, 0.3) is 0 Å². The molecule has 0 unspecified atom stereocenters. The van der Waals surface area contributed by atoms with Crippen molar-refractivity contribution in [3.63, 3.8) is 0 Å². The molecule has 0 radical (unpaired) electrons. The number of aromatic nitrogens is 1. The molecule has 13 rings (SSSR count). The Labute approximate surface area is 383 Å². The molecule has 0 saturated carbocycles. The van der Waals surface area contributed by atoms with E-state index in [0.29, 0.717) is 0 Å². The van der Waals surface area contributed by atoms with E-state index in [1.165, 1.54) is 92.7 Å². The van der Waals surface area contributed by atoms with Gasteiger partial charge in [-0.25, -0.2) is 0 Å². The summed E-state index contributed by atoms with van der Waals surface area (Å²) in [6.07, 6.45) is 0. The van der Waals surface area contributed by atoms with Crippen LogP contribution in [0.25, 0.3) is 104 Å². The first-order valence-electron chi connectivity index (χ1n) is 22.7. The number of benzene rings is 12. The van der Waals surface area contributed by atoms with Crippen molar-refractivity contribution in [3.05, 3.63) is 255 Å². The molecule has 0 saturated heterocycles. The normalized spacial score (nSPS) is 11.6. The van der Waals surface area contributed by atoms with Gasteiger partial charge >= 0.3 is 0 Å². The lowest BCUT2D eigenvalue weighted by atomic mass is 9.96. The van der Waals surface area contributed by atoms with Crippen LogP contribution in [0.1, 0.15) is 0 Å². The summed E-state index contributed by atoms with van der Waals surface area (Å²) >= 11 is 0. The monoisotopic (exact) mass is 838 g/mol. The summed E-state index contributed by atoms with van der Waals surface area (Å²) in [5.41, 5.74) is 14.0. The van der Waals surface area contributed by atoms with Crippen LogP contribution in [0.3, 0.4) is 0 Å². The first-order valence-corrected chi connectivity index (χ1v) is 22.7. The second-order valence-electron chi connectivity index (χ2n) is 17.3. The van der Waals surface area contributed by atoms with Crippen molar-refractivity contribution < 1.29 is 0 Å². The quantitative estimate of drug-likeness (QED) is 0.145. The van der Waals surface area contributed by atoms with Crippen molar-refractivity contribution in [3.8, 4) is 39.1 Å². The standard InChI is InChI=1S/C64H42N2/c1-2-17-53(18-3-1)66-61-23-11-22-60(64(61)63-59-21-9-7-14-47(59)33-39-62(63)66)51-16-10-19-56(42-51)65(54-34-28-44(29-35-54)49-26-24-43-12-4-5-15-48(43)40-49)55-36-30-45(31-37-55)50-32-38-58-52(41-50)27-25-46-13-6-8-20-57(46)58/h1-42H. The average Bonchev–Trinajstić information content (AvgIpc) is 3.74. The lowest BCUT2D eigenvalue weighted by Crippen LogP contribution is -2.10. The zero-order valence-corrected chi connectivity index (χ0v) is 36.1. The number of fused-ring (bicyclic) bond motifs is 9. The smallest absolute Gasteiger partial charge is 0.0547 e. The van der Waals surface area contributed by atoms with Crippen LogP contribution in [-0.4, -0.2) is 4.57 Å². The molecule has 1 heterocycles. The molecule has 66 heavy (non-hydrogen) atoms. The molecule has 0 aliphatic heterocycles. The van der Waals surface area contributed by atoms with Crippen molar-refractivity contribution in [1.29, 1.82) is 0 Å². The van der Waals surface area contributed by atoms with E-state index >= 15 is 0 Å². The Hall–Kier alpha value is -8.72. The fourth-order valence-corrected chi connectivity index (χ4v) is 10.4. The van der Waals surface area contributed by atoms with Crippen LogP contribution < -0.4 is 4.90 Å². The lowest BCUT2D eigenvalue weighted by Gasteiger charge is -2.26. The maximum absolute atomic E-state index is 2.42. The number of rotatable bonds is 7. The van der Waals surface area contributed by atoms with Gasteiger partial charge in [0.1, 0.15) is 0 Å². The molecule has 308 valence electrons. The van der Waals surface area contributed by atoms with Crippen LogP contribution in [-0.2, 0) is 0 Å². The summed E-state index contributed by atoms with van der Waals surface area (Å²) in [6, 6.07) is 93.3. The van der Waals surface area contributed by atoms with Gasteiger partial charge < -0.3 is 9.47 Å². The van der Waals surface area contributed by atoms with E-state index in [1.807, 2.05) is 0 Å². The topological polar surface area (TPSA) is 8.17 Å². The van der Waals surface area contributed by atoms with Crippen LogP contribution in [0.4, 0.5) is 17.1 Å². The summed E-state index contributed by atoms with van der Waals surface area (Å²) in [4.78, 5) is 2.40. The first kappa shape index (κ1) is 37.8. The molecule has 0 N–H and O–H groups in total. The van der Waals surface area contributed by atoms with Gasteiger partial charge in [-0.3, -0.25) is 0 Å². The molecular weight excluding hydrogens is 797 g/mol. The van der Waals surface area contributed by atoms with Crippen molar-refractivity contribution in [2.24, 2.45) is 0 Å². The highest BCUT2D eigenvalue weighted by molar-refractivity contribution is 6.25. The molecular formula is C64H42N2. The van der Waals surface area contributed by atoms with E-state index in [9.17, 15) is 0 Å². The van der Waals surface area contributed by atoms with Gasteiger partial charge in [-0.2, -0.15) is 0 Å². The molecule has 0 fully saturated rings. The Bertz CT molecular complexity index is 3970. The highest BCUT2D eigenvalue weighted by atomic mass is 15.1. The number of hydrogen-bond acceptors (Lipinski definition) is 1. The van der Waals surface area contributed by atoms with E-state index < -0.39 is 0 Å². The highest BCUT2D eigenvalue weighted by Crippen LogP contribution is 2.44. The van der Waals surface area contributed by atoms with Crippen molar-refractivity contribution >= 4 is 82.0 Å². The van der Waals surface area contributed by atoms with Gasteiger partial charge in [-0.1, -0.05) is 182 Å². The molecule has 0 aliphatic rings. The SMILES string of the molecule is c1ccc(-n2c3cccc(-c4cccc(N(c5ccc(-c6ccc7ccccc7c6)cc5)c5ccc(-c6ccc7c(ccc8ccccc87)c6)cc5)c4)c3c3c4ccccc4ccc32)cc1. The van der Waals surface area contributed by atoms with Crippen LogP contribution in [0.5, 0.6) is 0 Å². The van der Waals surface area contributed by atoms with Crippen LogP contribution in [0.15, 0.2) is 255 Å². The van der Waals surface area contributed by atoms with E-state index in [0.717, 1.165) is 28.3 Å². The minimum atomic E-state index is 1.09. The summed E-state index contributed by atoms with van der Waals surface area (Å²) in [5, 5.41) is 12.6. The number of para-hydroxylation sites is 1. The van der Waals surface area contributed by atoms with Crippen LogP contribution >= 0.6 is 0 Å². The highest BCUT2D eigenvalue weighted by Gasteiger charge is 2.20. The molecule has 0 spiro atoms. The summed E-state index contributed by atoms with van der Waals surface area (Å²) < 4.78 is 2.42. The maximum Gasteiger partial charge on any atom is 0.0547 e. The predicted molar refractivity (Wildman–Crippen MR) is 282 cm³/mol. The Balaban J connectivity index is 0.956. The third kappa shape index (κ3) is 6.34. The van der Waals surface area contributed by atoms with E-state index in [4.69, 9.17) is 0 Å². The predicted octanol–water partition coefficient (Wildman–Crippen LogP) is 17.9. The number of nitrogens with zero attached hydrogens (tertiary/aromatic N) is 2. The summed E-state index contributed by atoms with van der Waals surface area (Å²) in [7, 11) is 0. The van der Waals surface area contributed by atoms with Crippen molar-refractivity contribution in [2.75, 3.05) is 4.90 Å². The maximum atomic E-state index is 2.42. The van der Waals surface area contributed by atoms with Gasteiger partial charge in [0.2, 0.25) is 0 Å². The molecule has 13 aromatic rings. The zero-order chi connectivity index (χ0) is 43.6. The molecule has 0 atom stereocenters. The number of hydrogen-bond donors (Lipinski definition) is 0. The molecule has 0 aliphatic carbocycles. The van der Waals surface area contributed by atoms with E-state index in [-0.39, 0.29) is 0 Å². The van der Waals surface area contributed by atoms with Crippen LogP contribution in [0.2, 0.25) is 0 Å². The lowest BCUT2D eigenvalue weighted by molar-refractivity contribution is 1.18. The third-order valence-corrected chi connectivity index (χ3v) is 13.5. The van der Waals surface area contributed by atoms with Crippen molar-refractivity contribution in [2.45, 2.75) is 0 Å². The molecule has 2 heteroatoms. The van der Waals surface area contributed by atoms with Gasteiger partial charge in [0, 0.05) is 33.5 Å². The van der Waals surface area contributed by atoms with Crippen molar-refractivity contribution in [1.82, 2.24) is 4.57 Å². The van der Waals surface area contributed by atoms with Crippen LogP contribution in [0, 0.1) is 0 Å². The Morgan fingerprint density at radius 2 is 0.788 bits per heavy atom. The van der Waals surface area contributed by atoms with Gasteiger partial charge in [-0.05, 0) is 149 Å². The Morgan fingerprint density at radius 3 is 1.55 bits per heavy atom. The molecule has 1 aromatic heterocycles. The fourth-order valence-electron chi connectivity index (χ4n) is 10.4. The molecule has 2 nitrogen and oxygen atoms in total. The average molecular weight is 839 g/mol. The zero-order valence-electron chi connectivity index (χ0n) is 36.1. The largest absolute Gasteiger partial charge is 0.310 e. The minimum Gasteiger partial charge on any atom is -0.310 e. The number of anilines is 3. The van der Waals surface area contributed by atoms with Gasteiger partial charge in [0.05, 0.1) is 11.0 Å².